The van der Waals surface area contributed by atoms with Crippen LogP contribution in [0.15, 0.2) is 76.6 Å². The third kappa shape index (κ3) is 5.06. The van der Waals surface area contributed by atoms with Crippen LogP contribution >= 0.6 is 27.3 Å². The maximum atomic E-state index is 13.6. The smallest absolute Gasteiger partial charge is 0.322 e. The molecule has 0 saturated carbocycles. The van der Waals surface area contributed by atoms with Gasteiger partial charge < -0.3 is 5.32 Å². The molecule has 0 unspecified atom stereocenters. The number of hydrogen-bond donors (Lipinski definition) is 1. The second kappa shape index (κ2) is 9.34. The van der Waals surface area contributed by atoms with Gasteiger partial charge in [0, 0.05) is 24.3 Å². The van der Waals surface area contributed by atoms with E-state index in [1.807, 2.05) is 84.7 Å². The van der Waals surface area contributed by atoms with E-state index in [0.717, 1.165) is 14.9 Å². The quantitative estimate of drug-likeness (QED) is 0.459. The van der Waals surface area contributed by atoms with E-state index in [1.165, 1.54) is 9.78 Å². The van der Waals surface area contributed by atoms with Gasteiger partial charge in [-0.1, -0.05) is 60.7 Å². The summed E-state index contributed by atoms with van der Waals surface area (Å²) in [4.78, 5) is 31.1. The molecule has 1 fully saturated rings. The summed E-state index contributed by atoms with van der Waals surface area (Å²) >= 11 is 5.13. The lowest BCUT2D eigenvalue weighted by Crippen LogP contribution is -2.51. The predicted octanol–water partition coefficient (Wildman–Crippen LogP) is 4.68. The third-order valence-corrected chi connectivity index (χ3v) is 6.99. The van der Waals surface area contributed by atoms with Crippen LogP contribution < -0.4 is 5.32 Å². The fourth-order valence-corrected chi connectivity index (χ4v) is 5.55. The number of amides is 3. The van der Waals surface area contributed by atoms with Crippen LogP contribution in [0.1, 0.15) is 16.0 Å². The Kier molecular flexibility index (Phi) is 6.55. The molecule has 3 amide bonds. The molecule has 1 aliphatic heterocycles. The monoisotopic (exact) mass is 497 g/mol. The minimum absolute atomic E-state index is 0.176. The van der Waals surface area contributed by atoms with Crippen molar-refractivity contribution in [3.8, 4) is 0 Å². The maximum Gasteiger partial charge on any atom is 0.326 e. The fourth-order valence-electron chi connectivity index (χ4n) is 3.99. The third-order valence-electron chi connectivity index (χ3n) is 5.38. The van der Waals surface area contributed by atoms with Crippen molar-refractivity contribution in [1.82, 2.24) is 15.1 Å². The summed E-state index contributed by atoms with van der Waals surface area (Å²) in [6.45, 7) is 0.906. The molecule has 1 saturated heterocycles. The lowest BCUT2D eigenvalue weighted by molar-refractivity contribution is -0.132. The van der Waals surface area contributed by atoms with E-state index < -0.39 is 5.54 Å². The first-order valence-corrected chi connectivity index (χ1v) is 11.7. The molecular formula is C24H24BrN3O2S. The number of thiophene rings is 1. The van der Waals surface area contributed by atoms with Crippen molar-refractivity contribution in [2.75, 3.05) is 13.7 Å². The topological polar surface area (TPSA) is 52.6 Å². The van der Waals surface area contributed by atoms with Gasteiger partial charge in [-0.15, -0.1) is 11.3 Å². The van der Waals surface area contributed by atoms with Crippen molar-refractivity contribution in [1.29, 1.82) is 0 Å². The minimum atomic E-state index is -0.993. The van der Waals surface area contributed by atoms with E-state index in [4.69, 9.17) is 0 Å². The highest BCUT2D eigenvalue weighted by atomic mass is 79.9. The number of halogens is 1. The minimum Gasteiger partial charge on any atom is -0.322 e. The largest absolute Gasteiger partial charge is 0.326 e. The number of carbonyl (C=O) groups is 2. The number of nitrogens with zero attached hydrogens (tertiary/aromatic N) is 2. The molecule has 4 rings (SSSR count). The van der Waals surface area contributed by atoms with E-state index in [-0.39, 0.29) is 18.6 Å². The van der Waals surface area contributed by atoms with Crippen molar-refractivity contribution in [2.45, 2.75) is 24.9 Å². The van der Waals surface area contributed by atoms with Crippen LogP contribution in [0.3, 0.4) is 0 Å². The zero-order valence-corrected chi connectivity index (χ0v) is 19.7. The van der Waals surface area contributed by atoms with Crippen molar-refractivity contribution in [3.63, 3.8) is 0 Å². The van der Waals surface area contributed by atoms with E-state index in [1.54, 1.807) is 11.3 Å². The number of carbonyl (C=O) groups excluding carboxylic acids is 2. The van der Waals surface area contributed by atoms with E-state index in [9.17, 15) is 9.59 Å². The van der Waals surface area contributed by atoms with Gasteiger partial charge >= 0.3 is 6.03 Å². The van der Waals surface area contributed by atoms with Crippen LogP contribution in [0, 0.1) is 0 Å². The lowest BCUT2D eigenvalue weighted by atomic mass is 9.84. The molecule has 0 spiro atoms. The maximum absolute atomic E-state index is 13.6. The molecule has 0 atom stereocenters. The van der Waals surface area contributed by atoms with Crippen molar-refractivity contribution in [2.24, 2.45) is 0 Å². The van der Waals surface area contributed by atoms with Gasteiger partial charge in [0.05, 0.1) is 10.5 Å². The Morgan fingerprint density at radius 1 is 0.935 bits per heavy atom. The molecule has 7 heteroatoms. The van der Waals surface area contributed by atoms with Gasteiger partial charge in [0.1, 0.15) is 5.54 Å². The average Bonchev–Trinajstić information content (AvgIpc) is 3.25. The van der Waals surface area contributed by atoms with Gasteiger partial charge in [0.2, 0.25) is 0 Å². The van der Waals surface area contributed by atoms with E-state index >= 15 is 0 Å². The van der Waals surface area contributed by atoms with Crippen LogP contribution in [0.2, 0.25) is 0 Å². The Bertz CT molecular complexity index is 1010. The van der Waals surface area contributed by atoms with Gasteiger partial charge in [-0.05, 0) is 46.2 Å². The predicted molar refractivity (Wildman–Crippen MR) is 127 cm³/mol. The highest BCUT2D eigenvalue weighted by molar-refractivity contribution is 9.11. The lowest BCUT2D eigenvalue weighted by Gasteiger charge is -2.28. The summed E-state index contributed by atoms with van der Waals surface area (Å²) in [6, 6.07) is 23.4. The molecule has 2 aromatic carbocycles. The second-order valence-electron chi connectivity index (χ2n) is 7.93. The standard InChI is InChI=1S/C24H24BrN3O2S/c1-27(16-20-12-13-21(25)31-20)17-28-22(29)24(26-23(28)30,14-18-8-4-2-5-9-18)15-19-10-6-3-7-11-19/h2-13H,14-17H2,1H3,(H,26,30). The Morgan fingerprint density at radius 3 is 2.03 bits per heavy atom. The fraction of sp³-hybridized carbons (Fsp3) is 0.250. The first kappa shape index (κ1) is 21.7. The summed E-state index contributed by atoms with van der Waals surface area (Å²) in [6.07, 6.45) is 0.900. The molecule has 1 aliphatic rings. The molecule has 0 aliphatic carbocycles. The summed E-state index contributed by atoms with van der Waals surface area (Å²) in [5.74, 6) is -0.176. The zero-order valence-electron chi connectivity index (χ0n) is 17.3. The van der Waals surface area contributed by atoms with Crippen LogP contribution in [0.25, 0.3) is 0 Å². The molecule has 160 valence electrons. The highest BCUT2D eigenvalue weighted by Gasteiger charge is 2.51. The molecule has 5 nitrogen and oxygen atoms in total. The van der Waals surface area contributed by atoms with Gasteiger partial charge in [0.15, 0.2) is 0 Å². The summed E-state index contributed by atoms with van der Waals surface area (Å²) in [5.41, 5.74) is 1.04. The second-order valence-corrected chi connectivity index (χ2v) is 10.5. The number of nitrogens with one attached hydrogen (secondary N) is 1. The van der Waals surface area contributed by atoms with Crippen LogP contribution in [0.4, 0.5) is 4.79 Å². The van der Waals surface area contributed by atoms with Crippen LogP contribution in [-0.2, 0) is 24.2 Å². The van der Waals surface area contributed by atoms with Gasteiger partial charge in [-0.2, -0.15) is 0 Å². The van der Waals surface area contributed by atoms with Crippen molar-refractivity contribution < 1.29 is 9.59 Å². The normalized spacial score (nSPS) is 15.5. The molecule has 1 aromatic heterocycles. The molecular weight excluding hydrogens is 474 g/mol. The SMILES string of the molecule is CN(Cc1ccc(Br)s1)CN1C(=O)NC(Cc2ccccc2)(Cc2ccccc2)C1=O. The average molecular weight is 498 g/mol. The van der Waals surface area contributed by atoms with E-state index in [0.29, 0.717) is 19.4 Å². The molecule has 0 radical (unpaired) electrons. The van der Waals surface area contributed by atoms with Crippen LogP contribution in [-0.4, -0.2) is 41.0 Å². The summed E-state index contributed by atoms with van der Waals surface area (Å²) in [5, 5.41) is 3.04. The number of urea groups is 1. The van der Waals surface area contributed by atoms with Crippen molar-refractivity contribution >= 4 is 39.2 Å². The Labute approximate surface area is 194 Å². The summed E-state index contributed by atoms with van der Waals surface area (Å²) in [7, 11) is 1.92. The van der Waals surface area contributed by atoms with Gasteiger partial charge in [-0.25, -0.2) is 9.69 Å². The number of rotatable bonds is 8. The molecule has 2 heterocycles. The Balaban J connectivity index is 1.56. The number of hydrogen-bond acceptors (Lipinski definition) is 4. The first-order chi connectivity index (χ1) is 14.9. The highest BCUT2D eigenvalue weighted by Crippen LogP contribution is 2.28. The molecule has 0 bridgehead atoms. The number of benzene rings is 2. The van der Waals surface area contributed by atoms with Crippen LogP contribution in [0.5, 0.6) is 0 Å². The van der Waals surface area contributed by atoms with E-state index in [2.05, 4.69) is 21.2 Å². The first-order valence-electron chi connectivity index (χ1n) is 10.1. The van der Waals surface area contributed by atoms with Gasteiger partial charge in [0.25, 0.3) is 5.91 Å². The Morgan fingerprint density at radius 2 is 1.52 bits per heavy atom. The zero-order chi connectivity index (χ0) is 21.8. The van der Waals surface area contributed by atoms with Crippen molar-refractivity contribution in [3.05, 3.63) is 92.6 Å². The molecule has 31 heavy (non-hydrogen) atoms. The molecule has 3 aromatic rings. The molecule has 1 N–H and O–H groups in total. The Hall–Kier alpha value is -2.48. The van der Waals surface area contributed by atoms with Gasteiger partial charge in [-0.3, -0.25) is 9.69 Å². The number of imide groups is 1. The summed E-state index contributed by atoms with van der Waals surface area (Å²) < 4.78 is 1.07.